The molecule has 1 atom stereocenters. The number of amides is 3. The number of aryl methyl sites for hydroxylation is 2. The van der Waals surface area contributed by atoms with Crippen molar-refractivity contribution in [1.82, 2.24) is 5.32 Å². The summed E-state index contributed by atoms with van der Waals surface area (Å²) in [5.74, 6) is -0.633. The van der Waals surface area contributed by atoms with Crippen molar-refractivity contribution in [2.24, 2.45) is 0 Å². The molecule has 1 saturated heterocycles. The molecule has 3 amide bonds. The maximum Gasteiger partial charge on any atom is 0.255 e. The number of piperidine rings is 1. The Bertz CT molecular complexity index is 902. The second-order valence-corrected chi connectivity index (χ2v) is 7.14. The topological polar surface area (TPSA) is 75.3 Å². The number of rotatable bonds is 4. The van der Waals surface area contributed by atoms with E-state index in [1.165, 1.54) is 0 Å². The summed E-state index contributed by atoms with van der Waals surface area (Å²) >= 11 is 0. The number of imide groups is 1. The second kappa shape index (κ2) is 7.35. The molecule has 1 fully saturated rings. The molecule has 1 aliphatic heterocycles. The number of nitrogens with one attached hydrogen (secondary N) is 2. The Labute approximate surface area is 159 Å². The van der Waals surface area contributed by atoms with Crippen molar-refractivity contribution >= 4 is 23.4 Å². The van der Waals surface area contributed by atoms with E-state index in [4.69, 9.17) is 0 Å². The van der Waals surface area contributed by atoms with Crippen molar-refractivity contribution in [2.75, 3.05) is 5.32 Å². The van der Waals surface area contributed by atoms with Crippen LogP contribution in [0.15, 0.2) is 42.5 Å². The van der Waals surface area contributed by atoms with E-state index in [0.717, 1.165) is 16.7 Å². The molecule has 0 aromatic heterocycles. The van der Waals surface area contributed by atoms with Crippen molar-refractivity contribution in [3.8, 4) is 0 Å². The minimum atomic E-state index is -0.690. The molecule has 5 heteroatoms. The van der Waals surface area contributed by atoms with E-state index >= 15 is 0 Å². The average Bonchev–Trinajstić information content (AvgIpc) is 2.65. The van der Waals surface area contributed by atoms with Gasteiger partial charge in [-0.05, 0) is 67.6 Å². The zero-order valence-electron chi connectivity index (χ0n) is 15.9. The molecule has 2 N–H and O–H groups in total. The van der Waals surface area contributed by atoms with Crippen molar-refractivity contribution in [1.29, 1.82) is 0 Å². The normalized spacial score (nSPS) is 19.5. The van der Waals surface area contributed by atoms with Crippen molar-refractivity contribution in [2.45, 2.75) is 45.4 Å². The van der Waals surface area contributed by atoms with Gasteiger partial charge in [0.2, 0.25) is 11.8 Å². The minimum absolute atomic E-state index is 0.169. The van der Waals surface area contributed by atoms with Gasteiger partial charge in [-0.2, -0.15) is 0 Å². The van der Waals surface area contributed by atoms with E-state index in [1.54, 1.807) is 12.1 Å². The molecule has 1 heterocycles. The van der Waals surface area contributed by atoms with E-state index in [9.17, 15) is 14.4 Å². The van der Waals surface area contributed by atoms with Crippen molar-refractivity contribution in [3.05, 3.63) is 64.7 Å². The Morgan fingerprint density at radius 2 is 1.78 bits per heavy atom. The van der Waals surface area contributed by atoms with Crippen LogP contribution in [0, 0.1) is 13.8 Å². The highest BCUT2D eigenvalue weighted by molar-refractivity contribution is 6.05. The summed E-state index contributed by atoms with van der Waals surface area (Å²) in [7, 11) is 0. The minimum Gasteiger partial charge on any atom is -0.322 e. The van der Waals surface area contributed by atoms with Crippen LogP contribution in [0.4, 0.5) is 5.69 Å². The number of anilines is 1. The average molecular weight is 364 g/mol. The molecule has 0 saturated carbocycles. The third-order valence-corrected chi connectivity index (χ3v) is 5.53. The van der Waals surface area contributed by atoms with Gasteiger partial charge in [0.25, 0.3) is 5.91 Å². The molecule has 2 aromatic carbocycles. The van der Waals surface area contributed by atoms with Gasteiger partial charge in [0.15, 0.2) is 0 Å². The number of hydrogen-bond acceptors (Lipinski definition) is 3. The van der Waals surface area contributed by atoms with Crippen molar-refractivity contribution in [3.63, 3.8) is 0 Å². The van der Waals surface area contributed by atoms with Gasteiger partial charge in [0, 0.05) is 17.7 Å². The largest absolute Gasteiger partial charge is 0.322 e. The van der Waals surface area contributed by atoms with Gasteiger partial charge in [-0.3, -0.25) is 19.7 Å². The third-order valence-electron chi connectivity index (χ3n) is 5.53. The zero-order valence-corrected chi connectivity index (χ0v) is 15.9. The van der Waals surface area contributed by atoms with Gasteiger partial charge in [-0.1, -0.05) is 25.1 Å². The number of hydrogen-bond donors (Lipinski definition) is 2. The Balaban J connectivity index is 1.78. The number of carbonyl (C=O) groups excluding carboxylic acids is 3. The van der Waals surface area contributed by atoms with Crippen LogP contribution in [0.25, 0.3) is 0 Å². The van der Waals surface area contributed by atoms with Crippen LogP contribution >= 0.6 is 0 Å². The molecular weight excluding hydrogens is 340 g/mol. The molecule has 0 radical (unpaired) electrons. The fraction of sp³-hybridized carbons (Fsp3) is 0.318. The maximum absolute atomic E-state index is 12.5. The standard InChI is InChI=1S/C22H24N2O3/c1-4-22(12-11-19(25)24-21(22)27)17-7-9-18(10-8-17)23-20(26)16-6-5-14(2)15(3)13-16/h5-10,13H,4,11-12H2,1-3H3,(H,23,26)(H,24,25,27)/t22-/m1/s1. The SMILES string of the molecule is CC[C@]1(c2ccc(NC(=O)c3ccc(C)c(C)c3)cc2)CCC(=O)NC1=O. The Morgan fingerprint density at radius 1 is 1.07 bits per heavy atom. The first-order valence-electron chi connectivity index (χ1n) is 9.19. The molecule has 140 valence electrons. The highest BCUT2D eigenvalue weighted by Gasteiger charge is 2.42. The lowest BCUT2D eigenvalue weighted by Crippen LogP contribution is -2.51. The summed E-state index contributed by atoms with van der Waals surface area (Å²) in [6, 6.07) is 12.9. The summed E-state index contributed by atoms with van der Waals surface area (Å²) < 4.78 is 0. The molecular formula is C22H24N2O3. The predicted molar refractivity (Wildman–Crippen MR) is 105 cm³/mol. The monoisotopic (exact) mass is 364 g/mol. The van der Waals surface area contributed by atoms with Crippen LogP contribution in [-0.4, -0.2) is 17.7 Å². The first kappa shape index (κ1) is 18.8. The fourth-order valence-corrected chi connectivity index (χ4v) is 3.52. The summed E-state index contributed by atoms with van der Waals surface area (Å²) in [4.78, 5) is 36.4. The Hall–Kier alpha value is -2.95. The van der Waals surface area contributed by atoms with E-state index in [2.05, 4.69) is 10.6 Å². The van der Waals surface area contributed by atoms with Gasteiger partial charge in [0.1, 0.15) is 0 Å². The van der Waals surface area contributed by atoms with Crippen LogP contribution in [0.5, 0.6) is 0 Å². The number of benzene rings is 2. The maximum atomic E-state index is 12.5. The van der Waals surface area contributed by atoms with Gasteiger partial charge < -0.3 is 5.32 Å². The van der Waals surface area contributed by atoms with E-state index in [1.807, 2.05) is 51.1 Å². The molecule has 5 nitrogen and oxygen atoms in total. The fourth-order valence-electron chi connectivity index (χ4n) is 3.52. The van der Waals surface area contributed by atoms with Gasteiger partial charge in [-0.15, -0.1) is 0 Å². The Kier molecular flexibility index (Phi) is 5.13. The van der Waals surface area contributed by atoms with Crippen LogP contribution in [0.1, 0.15) is 53.2 Å². The van der Waals surface area contributed by atoms with Gasteiger partial charge in [0.05, 0.1) is 5.41 Å². The third kappa shape index (κ3) is 3.63. The highest BCUT2D eigenvalue weighted by atomic mass is 16.2. The molecule has 3 rings (SSSR count). The van der Waals surface area contributed by atoms with Gasteiger partial charge >= 0.3 is 0 Å². The predicted octanol–water partition coefficient (Wildman–Crippen LogP) is 3.64. The van der Waals surface area contributed by atoms with E-state index in [-0.39, 0.29) is 17.7 Å². The molecule has 27 heavy (non-hydrogen) atoms. The summed E-state index contributed by atoms with van der Waals surface area (Å²) in [6.07, 6.45) is 1.45. The summed E-state index contributed by atoms with van der Waals surface area (Å²) in [5, 5.41) is 5.34. The molecule has 0 bridgehead atoms. The van der Waals surface area contributed by atoms with Crippen LogP contribution in [-0.2, 0) is 15.0 Å². The molecule has 0 spiro atoms. The Morgan fingerprint density at radius 3 is 2.37 bits per heavy atom. The van der Waals surface area contributed by atoms with E-state index in [0.29, 0.717) is 30.5 Å². The summed E-state index contributed by atoms with van der Waals surface area (Å²) in [6.45, 7) is 5.93. The highest BCUT2D eigenvalue weighted by Crippen LogP contribution is 2.36. The lowest BCUT2D eigenvalue weighted by atomic mass is 9.72. The molecule has 0 aliphatic carbocycles. The lowest BCUT2D eigenvalue weighted by molar-refractivity contribution is -0.138. The smallest absolute Gasteiger partial charge is 0.255 e. The first-order valence-corrected chi connectivity index (χ1v) is 9.19. The van der Waals surface area contributed by atoms with Gasteiger partial charge in [-0.25, -0.2) is 0 Å². The summed E-state index contributed by atoms with van der Waals surface area (Å²) in [5.41, 5.74) is 3.66. The first-order chi connectivity index (χ1) is 12.9. The molecule has 0 unspecified atom stereocenters. The van der Waals surface area contributed by atoms with Crippen LogP contribution < -0.4 is 10.6 Å². The van der Waals surface area contributed by atoms with Crippen LogP contribution in [0.2, 0.25) is 0 Å². The number of carbonyl (C=O) groups is 3. The molecule has 2 aromatic rings. The quantitative estimate of drug-likeness (QED) is 0.814. The second-order valence-electron chi connectivity index (χ2n) is 7.14. The zero-order chi connectivity index (χ0) is 19.6. The molecule has 1 aliphatic rings. The van der Waals surface area contributed by atoms with Crippen LogP contribution in [0.3, 0.4) is 0 Å². The lowest BCUT2D eigenvalue weighted by Gasteiger charge is -2.35. The van der Waals surface area contributed by atoms with E-state index < -0.39 is 5.41 Å². The van der Waals surface area contributed by atoms with Crippen molar-refractivity contribution < 1.29 is 14.4 Å².